The molecule has 1 aliphatic heterocycles. The summed E-state index contributed by atoms with van der Waals surface area (Å²) in [4.78, 5) is 16.9. The molecule has 1 N–H and O–H groups in total. The molecule has 0 aromatic rings. The van der Waals surface area contributed by atoms with Crippen molar-refractivity contribution in [2.45, 2.75) is 51.4 Å². The fourth-order valence-electron chi connectivity index (χ4n) is 4.02. The van der Waals surface area contributed by atoms with Crippen molar-refractivity contribution in [1.82, 2.24) is 9.80 Å². The SMILES string of the molecule is CN(C)CC1(CO)CCN(C(=O)C2CCCCCC2)CC1. The number of piperidine rings is 1. The van der Waals surface area contributed by atoms with E-state index in [4.69, 9.17) is 0 Å². The van der Waals surface area contributed by atoms with E-state index in [2.05, 4.69) is 23.9 Å². The van der Waals surface area contributed by atoms with Crippen LogP contribution in [0.3, 0.4) is 0 Å². The number of hydrogen-bond acceptors (Lipinski definition) is 3. The zero-order valence-electron chi connectivity index (χ0n) is 13.8. The standard InChI is InChI=1S/C17H32N2O2/c1-18(2)13-17(14-20)9-11-19(12-10-17)16(21)15-7-5-3-4-6-8-15/h15,20H,3-14H2,1-2H3. The van der Waals surface area contributed by atoms with Crippen molar-refractivity contribution in [2.75, 3.05) is 40.3 Å². The molecule has 1 aliphatic carbocycles. The van der Waals surface area contributed by atoms with Crippen LogP contribution in [0.15, 0.2) is 0 Å². The van der Waals surface area contributed by atoms with Crippen LogP contribution in [-0.4, -0.2) is 61.2 Å². The van der Waals surface area contributed by atoms with Crippen LogP contribution in [0.25, 0.3) is 0 Å². The molecule has 0 aromatic carbocycles. The Morgan fingerprint density at radius 1 is 1.14 bits per heavy atom. The number of aliphatic hydroxyl groups excluding tert-OH is 1. The summed E-state index contributed by atoms with van der Waals surface area (Å²) in [5, 5.41) is 9.77. The highest BCUT2D eigenvalue weighted by Crippen LogP contribution is 2.33. The lowest BCUT2D eigenvalue weighted by atomic mass is 9.78. The van der Waals surface area contributed by atoms with Gasteiger partial charge in [0, 0.05) is 31.0 Å². The van der Waals surface area contributed by atoms with Gasteiger partial charge in [0.2, 0.25) is 5.91 Å². The number of amides is 1. The molecule has 4 nitrogen and oxygen atoms in total. The van der Waals surface area contributed by atoms with Gasteiger partial charge in [-0.3, -0.25) is 4.79 Å². The molecule has 2 fully saturated rings. The van der Waals surface area contributed by atoms with E-state index in [1.54, 1.807) is 0 Å². The Morgan fingerprint density at radius 2 is 1.71 bits per heavy atom. The van der Waals surface area contributed by atoms with Crippen molar-refractivity contribution >= 4 is 5.91 Å². The van der Waals surface area contributed by atoms with Crippen molar-refractivity contribution < 1.29 is 9.90 Å². The van der Waals surface area contributed by atoms with Gasteiger partial charge < -0.3 is 14.9 Å². The summed E-state index contributed by atoms with van der Waals surface area (Å²) in [6.07, 6.45) is 9.04. The molecule has 2 rings (SSSR count). The monoisotopic (exact) mass is 296 g/mol. The molecule has 1 heterocycles. The van der Waals surface area contributed by atoms with E-state index in [0.717, 1.165) is 45.3 Å². The van der Waals surface area contributed by atoms with E-state index < -0.39 is 0 Å². The third-order valence-corrected chi connectivity index (χ3v) is 5.33. The van der Waals surface area contributed by atoms with Crippen LogP contribution in [0.5, 0.6) is 0 Å². The number of likely N-dealkylation sites (tertiary alicyclic amines) is 1. The van der Waals surface area contributed by atoms with E-state index in [-0.39, 0.29) is 17.9 Å². The summed E-state index contributed by atoms with van der Waals surface area (Å²) in [6, 6.07) is 0. The number of carbonyl (C=O) groups is 1. The maximum atomic E-state index is 12.7. The Morgan fingerprint density at radius 3 is 2.19 bits per heavy atom. The van der Waals surface area contributed by atoms with Crippen LogP contribution in [0, 0.1) is 11.3 Å². The van der Waals surface area contributed by atoms with Gasteiger partial charge in [0.25, 0.3) is 0 Å². The molecule has 0 spiro atoms. The summed E-state index contributed by atoms with van der Waals surface area (Å²) in [5.41, 5.74) is -0.0102. The molecule has 0 bridgehead atoms. The average Bonchev–Trinajstić information content (AvgIpc) is 2.75. The number of aliphatic hydroxyl groups is 1. The fourth-order valence-corrected chi connectivity index (χ4v) is 4.02. The Kier molecular flexibility index (Phi) is 6.06. The quantitative estimate of drug-likeness (QED) is 0.808. The largest absolute Gasteiger partial charge is 0.396 e. The van der Waals surface area contributed by atoms with Crippen molar-refractivity contribution in [3.8, 4) is 0 Å². The van der Waals surface area contributed by atoms with Gasteiger partial charge in [0.1, 0.15) is 0 Å². The second-order valence-electron chi connectivity index (χ2n) is 7.41. The molecule has 1 amide bonds. The lowest BCUT2D eigenvalue weighted by molar-refractivity contribution is -0.139. The number of carbonyl (C=O) groups excluding carboxylic acids is 1. The van der Waals surface area contributed by atoms with Gasteiger partial charge in [-0.15, -0.1) is 0 Å². The first-order chi connectivity index (χ1) is 10.1. The zero-order chi connectivity index (χ0) is 15.3. The summed E-state index contributed by atoms with van der Waals surface area (Å²) in [5.74, 6) is 0.649. The Bertz CT molecular complexity index is 328. The van der Waals surface area contributed by atoms with E-state index in [1.807, 2.05) is 0 Å². The zero-order valence-corrected chi connectivity index (χ0v) is 13.8. The number of hydrogen-bond donors (Lipinski definition) is 1. The van der Waals surface area contributed by atoms with Gasteiger partial charge in [-0.2, -0.15) is 0 Å². The Hall–Kier alpha value is -0.610. The van der Waals surface area contributed by atoms with Crippen molar-refractivity contribution in [3.05, 3.63) is 0 Å². The molecule has 0 atom stereocenters. The van der Waals surface area contributed by atoms with Crippen molar-refractivity contribution in [2.24, 2.45) is 11.3 Å². The first-order valence-electron chi connectivity index (χ1n) is 8.61. The molecular formula is C17H32N2O2. The number of rotatable bonds is 4. The van der Waals surface area contributed by atoms with Crippen molar-refractivity contribution in [3.63, 3.8) is 0 Å². The van der Waals surface area contributed by atoms with Gasteiger partial charge in [-0.1, -0.05) is 25.7 Å². The highest BCUT2D eigenvalue weighted by Gasteiger charge is 2.37. The molecule has 2 aliphatic rings. The fraction of sp³-hybridized carbons (Fsp3) is 0.941. The highest BCUT2D eigenvalue weighted by molar-refractivity contribution is 5.79. The molecule has 0 radical (unpaired) electrons. The van der Waals surface area contributed by atoms with Crippen molar-refractivity contribution in [1.29, 1.82) is 0 Å². The van der Waals surface area contributed by atoms with Gasteiger partial charge in [-0.05, 0) is 39.8 Å². The Balaban J connectivity index is 1.88. The highest BCUT2D eigenvalue weighted by atomic mass is 16.3. The minimum absolute atomic E-state index is 0.0102. The van der Waals surface area contributed by atoms with Crippen LogP contribution in [-0.2, 0) is 4.79 Å². The van der Waals surface area contributed by atoms with Crippen LogP contribution in [0.4, 0.5) is 0 Å². The third-order valence-electron chi connectivity index (χ3n) is 5.33. The van der Waals surface area contributed by atoms with Crippen LogP contribution < -0.4 is 0 Å². The van der Waals surface area contributed by atoms with Crippen LogP contribution in [0.1, 0.15) is 51.4 Å². The molecule has 21 heavy (non-hydrogen) atoms. The summed E-state index contributed by atoms with van der Waals surface area (Å²) in [6.45, 7) is 2.79. The number of nitrogens with zero attached hydrogens (tertiary/aromatic N) is 2. The van der Waals surface area contributed by atoms with Crippen LogP contribution in [0.2, 0.25) is 0 Å². The Labute approximate surface area is 129 Å². The molecule has 1 saturated heterocycles. The molecule has 1 saturated carbocycles. The minimum Gasteiger partial charge on any atom is -0.396 e. The normalized spacial score (nSPS) is 24.1. The summed E-state index contributed by atoms with van der Waals surface area (Å²) in [7, 11) is 4.11. The first kappa shape index (κ1) is 16.8. The molecule has 0 unspecified atom stereocenters. The van der Waals surface area contributed by atoms with Gasteiger partial charge in [-0.25, -0.2) is 0 Å². The smallest absolute Gasteiger partial charge is 0.225 e. The molecule has 4 heteroatoms. The maximum Gasteiger partial charge on any atom is 0.225 e. The average molecular weight is 296 g/mol. The molecule has 122 valence electrons. The first-order valence-corrected chi connectivity index (χ1v) is 8.61. The van der Waals surface area contributed by atoms with Crippen LogP contribution >= 0.6 is 0 Å². The van der Waals surface area contributed by atoms with E-state index in [1.165, 1.54) is 25.7 Å². The topological polar surface area (TPSA) is 43.8 Å². The molecular weight excluding hydrogens is 264 g/mol. The second-order valence-corrected chi connectivity index (χ2v) is 7.41. The minimum atomic E-state index is -0.0102. The molecule has 0 aromatic heterocycles. The van der Waals surface area contributed by atoms with Gasteiger partial charge in [0.15, 0.2) is 0 Å². The lowest BCUT2D eigenvalue weighted by Crippen LogP contribution is -2.49. The third kappa shape index (κ3) is 4.43. The lowest BCUT2D eigenvalue weighted by Gasteiger charge is -2.43. The second kappa shape index (κ2) is 7.59. The van der Waals surface area contributed by atoms with E-state index in [0.29, 0.717) is 5.91 Å². The predicted octanol–water partition coefficient (Wildman–Crippen LogP) is 2.12. The van der Waals surface area contributed by atoms with Gasteiger partial charge >= 0.3 is 0 Å². The summed E-state index contributed by atoms with van der Waals surface area (Å²) >= 11 is 0. The van der Waals surface area contributed by atoms with E-state index in [9.17, 15) is 9.90 Å². The van der Waals surface area contributed by atoms with Gasteiger partial charge in [0.05, 0.1) is 6.61 Å². The summed E-state index contributed by atoms with van der Waals surface area (Å²) < 4.78 is 0. The van der Waals surface area contributed by atoms with E-state index >= 15 is 0 Å². The predicted molar refractivity (Wildman–Crippen MR) is 85.1 cm³/mol. The maximum absolute atomic E-state index is 12.7.